The van der Waals surface area contributed by atoms with Crippen molar-refractivity contribution < 1.29 is 9.47 Å². The predicted octanol–water partition coefficient (Wildman–Crippen LogP) is 3.18. The van der Waals surface area contributed by atoms with Crippen molar-refractivity contribution in [3.05, 3.63) is 54.1 Å². The van der Waals surface area contributed by atoms with Crippen LogP contribution in [0.5, 0.6) is 11.5 Å². The van der Waals surface area contributed by atoms with Crippen LogP contribution in [0.1, 0.15) is 24.8 Å². The van der Waals surface area contributed by atoms with Crippen molar-refractivity contribution in [3.8, 4) is 11.5 Å². The van der Waals surface area contributed by atoms with Crippen LogP contribution in [0, 0.1) is 0 Å². The zero-order valence-electron chi connectivity index (χ0n) is 18.1. The molecule has 160 valence electrons. The Labute approximate surface area is 179 Å². The first-order chi connectivity index (χ1) is 14.7. The van der Waals surface area contributed by atoms with E-state index in [-0.39, 0.29) is 5.41 Å². The van der Waals surface area contributed by atoms with Crippen molar-refractivity contribution in [2.24, 2.45) is 4.99 Å². The Kier molecular flexibility index (Phi) is 6.02. The Hall–Kier alpha value is -2.89. The molecule has 1 saturated heterocycles. The monoisotopic (exact) mass is 408 g/mol. The van der Waals surface area contributed by atoms with Crippen LogP contribution in [0.3, 0.4) is 0 Å². The van der Waals surface area contributed by atoms with Gasteiger partial charge in [-0.05, 0) is 37.5 Å². The molecule has 4 rings (SSSR count). The Morgan fingerprint density at radius 2 is 1.77 bits per heavy atom. The van der Waals surface area contributed by atoms with Crippen molar-refractivity contribution in [2.45, 2.75) is 30.7 Å². The number of aliphatic imine (C=N–C) groups is 1. The molecule has 2 fully saturated rings. The topological polar surface area (TPSA) is 58.1 Å². The van der Waals surface area contributed by atoms with Gasteiger partial charge in [-0.15, -0.1) is 0 Å². The van der Waals surface area contributed by atoms with Crippen LogP contribution in [0.2, 0.25) is 0 Å². The van der Waals surface area contributed by atoms with E-state index >= 15 is 0 Å². The average Bonchev–Trinajstić information content (AvgIpc) is 3.45. The standard InChI is InChI=1S/C24H32N4O2/c1-25-23(26-17-24(13-14-24)19-8-4-6-10-21(19)29-2)27-18-12-15-28(16-18)20-9-5-7-11-22(20)30-3/h4-11,18H,12-17H2,1-3H3,(H2,25,26,27). The predicted molar refractivity (Wildman–Crippen MR) is 122 cm³/mol. The van der Waals surface area contributed by atoms with Gasteiger partial charge >= 0.3 is 0 Å². The Bertz CT molecular complexity index is 894. The van der Waals surface area contributed by atoms with E-state index in [9.17, 15) is 0 Å². The second-order valence-electron chi connectivity index (χ2n) is 8.15. The summed E-state index contributed by atoms with van der Waals surface area (Å²) in [7, 11) is 5.31. The summed E-state index contributed by atoms with van der Waals surface area (Å²) in [6.07, 6.45) is 3.40. The second-order valence-corrected chi connectivity index (χ2v) is 8.15. The minimum absolute atomic E-state index is 0.142. The maximum Gasteiger partial charge on any atom is 0.191 e. The molecule has 1 aliphatic carbocycles. The second kappa shape index (κ2) is 8.86. The van der Waals surface area contributed by atoms with Gasteiger partial charge in [0.15, 0.2) is 5.96 Å². The largest absolute Gasteiger partial charge is 0.496 e. The first-order valence-electron chi connectivity index (χ1n) is 10.7. The molecule has 2 aromatic rings. The van der Waals surface area contributed by atoms with Gasteiger partial charge in [-0.3, -0.25) is 4.99 Å². The van der Waals surface area contributed by atoms with Gasteiger partial charge in [0, 0.05) is 43.7 Å². The van der Waals surface area contributed by atoms with E-state index in [1.165, 1.54) is 18.4 Å². The third kappa shape index (κ3) is 4.18. The molecule has 6 heteroatoms. The van der Waals surface area contributed by atoms with Crippen LogP contribution < -0.4 is 25.0 Å². The highest BCUT2D eigenvalue weighted by molar-refractivity contribution is 5.80. The maximum atomic E-state index is 5.60. The average molecular weight is 409 g/mol. The number of hydrogen-bond donors (Lipinski definition) is 2. The summed E-state index contributed by atoms with van der Waals surface area (Å²) >= 11 is 0. The molecule has 0 aromatic heterocycles. The lowest BCUT2D eigenvalue weighted by Crippen LogP contribution is -2.46. The summed E-state index contributed by atoms with van der Waals surface area (Å²) in [5, 5.41) is 7.17. The summed E-state index contributed by atoms with van der Waals surface area (Å²) in [6.45, 7) is 2.79. The van der Waals surface area contributed by atoms with Crippen LogP contribution in [-0.2, 0) is 5.41 Å². The number of methoxy groups -OCH3 is 2. The molecule has 1 atom stereocenters. The fourth-order valence-corrected chi connectivity index (χ4v) is 4.40. The van der Waals surface area contributed by atoms with E-state index in [0.717, 1.165) is 49.2 Å². The van der Waals surface area contributed by atoms with Gasteiger partial charge in [-0.25, -0.2) is 0 Å². The first kappa shape index (κ1) is 20.4. The number of hydrogen-bond acceptors (Lipinski definition) is 4. The summed E-state index contributed by atoms with van der Waals surface area (Å²) in [4.78, 5) is 6.85. The van der Waals surface area contributed by atoms with Crippen molar-refractivity contribution in [1.82, 2.24) is 10.6 Å². The quantitative estimate of drug-likeness (QED) is 0.544. The number of ether oxygens (including phenoxy) is 2. The molecule has 0 radical (unpaired) electrons. The minimum atomic E-state index is 0.142. The maximum absolute atomic E-state index is 5.60. The fourth-order valence-electron chi connectivity index (χ4n) is 4.40. The van der Waals surface area contributed by atoms with E-state index < -0.39 is 0 Å². The molecular weight excluding hydrogens is 376 g/mol. The molecule has 6 nitrogen and oxygen atoms in total. The molecule has 2 N–H and O–H groups in total. The number of rotatable bonds is 7. The van der Waals surface area contributed by atoms with Crippen molar-refractivity contribution >= 4 is 11.6 Å². The van der Waals surface area contributed by atoms with Crippen LogP contribution in [-0.4, -0.2) is 52.9 Å². The van der Waals surface area contributed by atoms with Gasteiger partial charge in [0.05, 0.1) is 19.9 Å². The Morgan fingerprint density at radius 3 is 2.47 bits per heavy atom. The number of nitrogens with one attached hydrogen (secondary N) is 2. The molecule has 1 heterocycles. The Morgan fingerprint density at radius 1 is 1.07 bits per heavy atom. The van der Waals surface area contributed by atoms with Crippen LogP contribution in [0.4, 0.5) is 5.69 Å². The molecule has 30 heavy (non-hydrogen) atoms. The van der Waals surface area contributed by atoms with Gasteiger partial charge in [-0.2, -0.15) is 0 Å². The van der Waals surface area contributed by atoms with Gasteiger partial charge in [0.25, 0.3) is 0 Å². The normalized spacial score (nSPS) is 20.0. The van der Waals surface area contributed by atoms with Gasteiger partial charge in [-0.1, -0.05) is 30.3 Å². The number of nitrogens with zero attached hydrogens (tertiary/aromatic N) is 2. The molecule has 0 bridgehead atoms. The van der Waals surface area contributed by atoms with Crippen LogP contribution in [0.25, 0.3) is 0 Å². The lowest BCUT2D eigenvalue weighted by Gasteiger charge is -2.24. The zero-order valence-corrected chi connectivity index (χ0v) is 18.1. The molecule has 2 aliphatic rings. The molecule has 1 unspecified atom stereocenters. The zero-order chi connectivity index (χ0) is 21.0. The van der Waals surface area contributed by atoms with Crippen LogP contribution in [0.15, 0.2) is 53.5 Å². The molecule has 1 saturated carbocycles. The highest BCUT2D eigenvalue weighted by Crippen LogP contribution is 2.50. The highest BCUT2D eigenvalue weighted by Gasteiger charge is 2.46. The van der Waals surface area contributed by atoms with E-state index in [1.54, 1.807) is 14.2 Å². The summed E-state index contributed by atoms with van der Waals surface area (Å²) in [5.41, 5.74) is 2.59. The van der Waals surface area contributed by atoms with E-state index in [0.29, 0.717) is 6.04 Å². The summed E-state index contributed by atoms with van der Waals surface area (Å²) in [5.74, 6) is 2.76. The lowest BCUT2D eigenvalue weighted by molar-refractivity contribution is 0.403. The molecule has 2 aromatic carbocycles. The number of para-hydroxylation sites is 3. The summed E-state index contributed by atoms with van der Waals surface area (Å²) < 4.78 is 11.1. The third-order valence-corrected chi connectivity index (χ3v) is 6.30. The van der Waals surface area contributed by atoms with Crippen LogP contribution >= 0.6 is 0 Å². The van der Waals surface area contributed by atoms with Crippen molar-refractivity contribution in [2.75, 3.05) is 45.8 Å². The van der Waals surface area contributed by atoms with Crippen molar-refractivity contribution in [3.63, 3.8) is 0 Å². The van der Waals surface area contributed by atoms with Gasteiger partial charge < -0.3 is 25.0 Å². The number of benzene rings is 2. The summed E-state index contributed by atoms with van der Waals surface area (Å²) in [6, 6.07) is 16.9. The highest BCUT2D eigenvalue weighted by atomic mass is 16.5. The Balaban J connectivity index is 1.35. The fraction of sp³-hybridized carbons (Fsp3) is 0.458. The van der Waals surface area contributed by atoms with Crippen molar-refractivity contribution in [1.29, 1.82) is 0 Å². The molecule has 1 aliphatic heterocycles. The third-order valence-electron chi connectivity index (χ3n) is 6.30. The lowest BCUT2D eigenvalue weighted by atomic mass is 9.95. The van der Waals surface area contributed by atoms with E-state index in [2.05, 4.69) is 44.8 Å². The van der Waals surface area contributed by atoms with Gasteiger partial charge in [0.1, 0.15) is 11.5 Å². The van der Waals surface area contributed by atoms with E-state index in [1.807, 2.05) is 31.3 Å². The minimum Gasteiger partial charge on any atom is -0.496 e. The molecule has 0 spiro atoms. The first-order valence-corrected chi connectivity index (χ1v) is 10.7. The smallest absolute Gasteiger partial charge is 0.191 e. The number of guanidine groups is 1. The van der Waals surface area contributed by atoms with Gasteiger partial charge in [0.2, 0.25) is 0 Å². The molecule has 0 amide bonds. The number of anilines is 1. The van der Waals surface area contributed by atoms with E-state index in [4.69, 9.17) is 9.47 Å². The SMILES string of the molecule is CN=C(NCC1(c2ccccc2OC)CC1)NC1CCN(c2ccccc2OC)C1. The molecular formula is C24H32N4O2.